The van der Waals surface area contributed by atoms with Gasteiger partial charge in [-0.05, 0) is 17.9 Å². The summed E-state index contributed by atoms with van der Waals surface area (Å²) in [6.45, 7) is 8.49. The van der Waals surface area contributed by atoms with Crippen molar-refractivity contribution in [3.05, 3.63) is 39.9 Å². The molecular weight excluding hydrogens is 310 g/mol. The minimum atomic E-state index is -0.0152. The first-order valence-electron chi connectivity index (χ1n) is 8.14. The second-order valence-electron chi connectivity index (χ2n) is 6.27. The molecule has 5 nitrogen and oxygen atoms in total. The van der Waals surface area contributed by atoms with Gasteiger partial charge in [-0.2, -0.15) is 0 Å². The molecule has 0 bridgehead atoms. The molecule has 3 heterocycles. The van der Waals surface area contributed by atoms with Crippen molar-refractivity contribution in [3.63, 3.8) is 0 Å². The molecule has 6 heteroatoms. The monoisotopic (exact) mass is 333 g/mol. The van der Waals surface area contributed by atoms with Crippen molar-refractivity contribution < 1.29 is 9.32 Å². The van der Waals surface area contributed by atoms with Gasteiger partial charge in [-0.15, -0.1) is 11.3 Å². The van der Waals surface area contributed by atoms with Crippen LogP contribution in [0.3, 0.4) is 0 Å². The third kappa shape index (κ3) is 4.00. The molecule has 0 radical (unpaired) electrons. The Hall–Kier alpha value is -1.66. The molecule has 2 aromatic heterocycles. The largest absolute Gasteiger partial charge is 0.360 e. The molecule has 124 valence electrons. The van der Waals surface area contributed by atoms with Gasteiger partial charge in [0.15, 0.2) is 5.69 Å². The summed E-state index contributed by atoms with van der Waals surface area (Å²) in [6.07, 6.45) is 0.992. The van der Waals surface area contributed by atoms with Gasteiger partial charge in [0.25, 0.3) is 5.91 Å². The maximum Gasteiger partial charge on any atom is 0.276 e. The molecule has 1 aliphatic rings. The van der Waals surface area contributed by atoms with Crippen molar-refractivity contribution in [3.8, 4) is 0 Å². The Morgan fingerprint density at radius 3 is 2.91 bits per heavy atom. The minimum absolute atomic E-state index is 0.0152. The van der Waals surface area contributed by atoms with Crippen LogP contribution in [-0.4, -0.2) is 47.0 Å². The Morgan fingerprint density at radius 1 is 1.35 bits per heavy atom. The van der Waals surface area contributed by atoms with Crippen molar-refractivity contribution in [2.24, 2.45) is 0 Å². The van der Waals surface area contributed by atoms with Gasteiger partial charge in [0.05, 0.1) is 0 Å². The van der Waals surface area contributed by atoms with Gasteiger partial charge in [-0.3, -0.25) is 9.69 Å². The molecule has 1 saturated heterocycles. The first kappa shape index (κ1) is 16.2. The molecular formula is C17H23N3O2S. The van der Waals surface area contributed by atoms with Gasteiger partial charge in [0.1, 0.15) is 5.76 Å². The van der Waals surface area contributed by atoms with E-state index in [0.717, 1.165) is 44.9 Å². The number of nitrogens with zero attached hydrogens (tertiary/aromatic N) is 3. The molecule has 3 rings (SSSR count). The molecule has 1 amide bonds. The van der Waals surface area contributed by atoms with Crippen molar-refractivity contribution in [2.45, 2.75) is 32.7 Å². The molecule has 0 aliphatic carbocycles. The summed E-state index contributed by atoms with van der Waals surface area (Å²) in [5.74, 6) is 0.996. The Balaban J connectivity index is 1.59. The van der Waals surface area contributed by atoms with Crippen LogP contribution in [0.2, 0.25) is 0 Å². The Kier molecular flexibility index (Phi) is 5.13. The molecule has 0 saturated carbocycles. The van der Waals surface area contributed by atoms with Crippen molar-refractivity contribution in [1.29, 1.82) is 0 Å². The predicted octanol–water partition coefficient (Wildman–Crippen LogP) is 3.21. The van der Waals surface area contributed by atoms with Crippen molar-refractivity contribution in [2.75, 3.05) is 26.2 Å². The summed E-state index contributed by atoms with van der Waals surface area (Å²) < 4.78 is 5.25. The number of carbonyl (C=O) groups is 1. The van der Waals surface area contributed by atoms with E-state index in [9.17, 15) is 4.79 Å². The van der Waals surface area contributed by atoms with E-state index in [4.69, 9.17) is 4.52 Å². The first-order chi connectivity index (χ1) is 11.1. The standard InChI is InChI=1S/C17H23N3O2S/c1-13(2)16-11-15(18-22-16)17(21)20-7-4-6-19(8-9-20)12-14-5-3-10-23-14/h3,5,10-11,13H,4,6-9,12H2,1-2H3. The molecule has 23 heavy (non-hydrogen) atoms. The van der Waals surface area contributed by atoms with Crippen LogP contribution in [0.5, 0.6) is 0 Å². The lowest BCUT2D eigenvalue weighted by atomic mass is 10.1. The average molecular weight is 333 g/mol. The number of hydrogen-bond acceptors (Lipinski definition) is 5. The Bertz CT molecular complexity index is 636. The highest BCUT2D eigenvalue weighted by Gasteiger charge is 2.23. The zero-order chi connectivity index (χ0) is 16.2. The summed E-state index contributed by atoms with van der Waals surface area (Å²) >= 11 is 1.79. The van der Waals surface area contributed by atoms with Crippen LogP contribution in [0.15, 0.2) is 28.1 Å². The molecule has 0 spiro atoms. The lowest BCUT2D eigenvalue weighted by Crippen LogP contribution is -2.35. The van der Waals surface area contributed by atoms with Gasteiger partial charge in [0.2, 0.25) is 0 Å². The zero-order valence-corrected chi connectivity index (χ0v) is 14.5. The molecule has 0 N–H and O–H groups in total. The van der Waals surface area contributed by atoms with Crippen LogP contribution in [0, 0.1) is 0 Å². The van der Waals surface area contributed by atoms with Gasteiger partial charge in [-0.1, -0.05) is 25.1 Å². The first-order valence-corrected chi connectivity index (χ1v) is 9.02. The second kappa shape index (κ2) is 7.27. The SMILES string of the molecule is CC(C)c1cc(C(=O)N2CCCN(Cc3cccs3)CC2)no1. The lowest BCUT2D eigenvalue weighted by molar-refractivity contribution is 0.0750. The smallest absolute Gasteiger partial charge is 0.276 e. The van der Waals surface area contributed by atoms with Crippen LogP contribution < -0.4 is 0 Å². The van der Waals surface area contributed by atoms with Gasteiger partial charge >= 0.3 is 0 Å². The topological polar surface area (TPSA) is 49.6 Å². The highest BCUT2D eigenvalue weighted by Crippen LogP contribution is 2.18. The van der Waals surface area contributed by atoms with E-state index in [0.29, 0.717) is 5.69 Å². The van der Waals surface area contributed by atoms with Crippen molar-refractivity contribution in [1.82, 2.24) is 15.0 Å². The fourth-order valence-corrected chi connectivity index (χ4v) is 3.53. The minimum Gasteiger partial charge on any atom is -0.360 e. The van der Waals surface area contributed by atoms with Crippen LogP contribution >= 0.6 is 11.3 Å². The fourth-order valence-electron chi connectivity index (χ4n) is 2.78. The predicted molar refractivity (Wildman–Crippen MR) is 90.7 cm³/mol. The molecule has 0 atom stereocenters. The van der Waals surface area contributed by atoms with E-state index in [1.54, 1.807) is 17.4 Å². The summed E-state index contributed by atoms with van der Waals surface area (Å²) in [7, 11) is 0. The van der Waals surface area contributed by atoms with E-state index in [2.05, 4.69) is 27.6 Å². The van der Waals surface area contributed by atoms with Gasteiger partial charge in [0, 0.05) is 49.6 Å². The van der Waals surface area contributed by atoms with E-state index in [1.165, 1.54) is 4.88 Å². The number of hydrogen-bond donors (Lipinski definition) is 0. The van der Waals surface area contributed by atoms with Crippen molar-refractivity contribution >= 4 is 17.2 Å². The average Bonchev–Trinajstić information content (AvgIpc) is 3.16. The third-order valence-corrected chi connectivity index (χ3v) is 5.01. The zero-order valence-electron chi connectivity index (χ0n) is 13.7. The lowest BCUT2D eigenvalue weighted by Gasteiger charge is -2.20. The number of carbonyl (C=O) groups excluding carboxylic acids is 1. The summed E-state index contributed by atoms with van der Waals surface area (Å²) in [4.78, 5) is 18.3. The van der Waals surface area contributed by atoms with E-state index in [-0.39, 0.29) is 11.8 Å². The highest BCUT2D eigenvalue weighted by molar-refractivity contribution is 7.09. The Labute approximate surface area is 140 Å². The second-order valence-corrected chi connectivity index (χ2v) is 7.30. The van der Waals surface area contributed by atoms with E-state index >= 15 is 0 Å². The van der Waals surface area contributed by atoms with Gasteiger partial charge < -0.3 is 9.42 Å². The molecule has 1 aliphatic heterocycles. The quantitative estimate of drug-likeness (QED) is 0.862. The molecule has 0 aromatic carbocycles. The van der Waals surface area contributed by atoms with E-state index < -0.39 is 0 Å². The summed E-state index contributed by atoms with van der Waals surface area (Å²) in [6, 6.07) is 6.03. The molecule has 1 fully saturated rings. The Morgan fingerprint density at radius 2 is 2.22 bits per heavy atom. The van der Waals surface area contributed by atoms with Crippen LogP contribution in [0.25, 0.3) is 0 Å². The highest BCUT2D eigenvalue weighted by atomic mass is 32.1. The number of thiophene rings is 1. The molecule has 2 aromatic rings. The van der Waals surface area contributed by atoms with Crippen LogP contribution in [0.1, 0.15) is 47.3 Å². The van der Waals surface area contributed by atoms with E-state index in [1.807, 2.05) is 18.7 Å². The fraction of sp³-hybridized carbons (Fsp3) is 0.529. The summed E-state index contributed by atoms with van der Waals surface area (Å²) in [5, 5.41) is 6.06. The third-order valence-electron chi connectivity index (χ3n) is 4.15. The summed E-state index contributed by atoms with van der Waals surface area (Å²) in [5.41, 5.74) is 0.431. The number of rotatable bonds is 4. The van der Waals surface area contributed by atoms with Gasteiger partial charge in [-0.25, -0.2) is 0 Å². The maximum absolute atomic E-state index is 12.6. The van der Waals surface area contributed by atoms with Crippen LogP contribution in [-0.2, 0) is 6.54 Å². The number of amides is 1. The normalized spacial score (nSPS) is 16.7. The maximum atomic E-state index is 12.6. The molecule has 0 unspecified atom stereocenters. The number of aromatic nitrogens is 1. The van der Waals surface area contributed by atoms with Crippen LogP contribution in [0.4, 0.5) is 0 Å².